The molecule has 0 bridgehead atoms. The minimum Gasteiger partial charge on any atom is -0.493 e. The van der Waals surface area contributed by atoms with Crippen LogP contribution in [0.1, 0.15) is 25.3 Å². The van der Waals surface area contributed by atoms with Crippen molar-refractivity contribution in [3.05, 3.63) is 17.7 Å². The third-order valence-electron chi connectivity index (χ3n) is 3.10. The van der Waals surface area contributed by atoms with Gasteiger partial charge in [0, 0.05) is 18.5 Å². The Morgan fingerprint density at radius 3 is 2.79 bits per heavy atom. The summed E-state index contributed by atoms with van der Waals surface area (Å²) in [6, 6.07) is 3.78. The molecule has 0 spiro atoms. The van der Waals surface area contributed by atoms with Crippen LogP contribution in [-0.4, -0.2) is 26.1 Å². The van der Waals surface area contributed by atoms with Gasteiger partial charge in [0.2, 0.25) is 6.79 Å². The molecule has 4 nitrogen and oxygen atoms in total. The number of alkyl halides is 1. The Kier molecular flexibility index (Phi) is 4.85. The third-order valence-corrected chi connectivity index (χ3v) is 3.10. The molecule has 19 heavy (non-hydrogen) atoms. The van der Waals surface area contributed by atoms with Gasteiger partial charge in [-0.05, 0) is 24.5 Å². The molecule has 1 aliphatic rings. The molecule has 1 heterocycles. The second-order valence-electron chi connectivity index (χ2n) is 4.58. The predicted octanol–water partition coefficient (Wildman–Crippen LogP) is 2.43. The first-order valence-electron chi connectivity index (χ1n) is 6.61. The highest BCUT2D eigenvalue weighted by Gasteiger charge is 2.19. The van der Waals surface area contributed by atoms with Gasteiger partial charge in [0.15, 0.2) is 11.5 Å². The van der Waals surface area contributed by atoms with E-state index >= 15 is 0 Å². The summed E-state index contributed by atoms with van der Waals surface area (Å²) < 4.78 is 28.4. The molecule has 0 amide bonds. The molecular formula is C14H20FNO3. The average molecular weight is 269 g/mol. The predicted molar refractivity (Wildman–Crippen MR) is 70.6 cm³/mol. The van der Waals surface area contributed by atoms with E-state index in [4.69, 9.17) is 19.9 Å². The van der Waals surface area contributed by atoms with E-state index in [-0.39, 0.29) is 19.5 Å². The molecule has 2 N–H and O–H groups in total. The van der Waals surface area contributed by atoms with E-state index in [1.807, 2.05) is 13.0 Å². The standard InChI is InChI=1S/C14H20FNO3/c1-2-11(16)6-10-7-13-14(19-9-18-13)8-12(10)17-5-3-4-15/h7-8,11H,2-6,9,16H2,1H3. The summed E-state index contributed by atoms with van der Waals surface area (Å²) in [7, 11) is 0. The normalized spacial score (nSPS) is 14.5. The van der Waals surface area contributed by atoms with E-state index in [0.29, 0.717) is 30.9 Å². The SMILES string of the molecule is CCC(N)Cc1cc2c(cc1OCCCF)OCO2. The molecule has 0 aliphatic carbocycles. The Bertz CT molecular complexity index is 425. The second-order valence-corrected chi connectivity index (χ2v) is 4.58. The Balaban J connectivity index is 2.16. The van der Waals surface area contributed by atoms with Crippen LogP contribution >= 0.6 is 0 Å². The summed E-state index contributed by atoms with van der Waals surface area (Å²) >= 11 is 0. The molecule has 1 aromatic rings. The number of nitrogens with two attached hydrogens (primary N) is 1. The van der Waals surface area contributed by atoms with Gasteiger partial charge in [0.1, 0.15) is 5.75 Å². The molecule has 5 heteroatoms. The molecular weight excluding hydrogens is 249 g/mol. The lowest BCUT2D eigenvalue weighted by Crippen LogP contribution is -2.21. The van der Waals surface area contributed by atoms with Crippen LogP contribution in [0.15, 0.2) is 12.1 Å². The van der Waals surface area contributed by atoms with E-state index in [2.05, 4.69) is 0 Å². The van der Waals surface area contributed by atoms with E-state index < -0.39 is 0 Å². The van der Waals surface area contributed by atoms with Gasteiger partial charge < -0.3 is 19.9 Å². The third kappa shape index (κ3) is 3.50. The smallest absolute Gasteiger partial charge is 0.231 e. The molecule has 2 rings (SSSR count). The van der Waals surface area contributed by atoms with Crippen LogP contribution in [-0.2, 0) is 6.42 Å². The maximum Gasteiger partial charge on any atom is 0.231 e. The molecule has 106 valence electrons. The highest BCUT2D eigenvalue weighted by Crippen LogP contribution is 2.38. The van der Waals surface area contributed by atoms with Gasteiger partial charge in [0.05, 0.1) is 13.3 Å². The molecule has 0 radical (unpaired) electrons. The fraction of sp³-hybridized carbons (Fsp3) is 0.571. The highest BCUT2D eigenvalue weighted by atomic mass is 19.1. The van der Waals surface area contributed by atoms with Crippen LogP contribution < -0.4 is 19.9 Å². The lowest BCUT2D eigenvalue weighted by molar-refractivity contribution is 0.173. The summed E-state index contributed by atoms with van der Waals surface area (Å²) in [5, 5.41) is 0. The number of hydrogen-bond acceptors (Lipinski definition) is 4. The van der Waals surface area contributed by atoms with Gasteiger partial charge >= 0.3 is 0 Å². The number of fused-ring (bicyclic) bond motifs is 1. The topological polar surface area (TPSA) is 53.7 Å². The highest BCUT2D eigenvalue weighted by molar-refractivity contribution is 5.52. The molecule has 0 saturated heterocycles. The van der Waals surface area contributed by atoms with Gasteiger partial charge in [-0.1, -0.05) is 6.92 Å². The molecule has 1 aromatic carbocycles. The van der Waals surface area contributed by atoms with Crippen LogP contribution in [0.3, 0.4) is 0 Å². The van der Waals surface area contributed by atoms with E-state index in [9.17, 15) is 4.39 Å². The van der Waals surface area contributed by atoms with Crippen molar-refractivity contribution in [2.75, 3.05) is 20.1 Å². The quantitative estimate of drug-likeness (QED) is 0.772. The summed E-state index contributed by atoms with van der Waals surface area (Å²) in [6.07, 6.45) is 1.98. The van der Waals surface area contributed by atoms with Gasteiger partial charge in [0.25, 0.3) is 0 Å². The van der Waals surface area contributed by atoms with Gasteiger partial charge in [-0.25, -0.2) is 0 Å². The van der Waals surface area contributed by atoms with Crippen LogP contribution in [0, 0.1) is 0 Å². The molecule has 1 atom stereocenters. The van der Waals surface area contributed by atoms with Gasteiger partial charge in [-0.2, -0.15) is 0 Å². The molecule has 0 aromatic heterocycles. The first-order chi connectivity index (χ1) is 9.24. The van der Waals surface area contributed by atoms with Crippen molar-refractivity contribution in [2.45, 2.75) is 32.2 Å². The van der Waals surface area contributed by atoms with Crippen molar-refractivity contribution in [1.82, 2.24) is 0 Å². The van der Waals surface area contributed by atoms with E-state index in [1.165, 1.54) is 0 Å². The maximum absolute atomic E-state index is 12.1. The van der Waals surface area contributed by atoms with Crippen LogP contribution in [0.4, 0.5) is 4.39 Å². The minimum atomic E-state index is -0.381. The van der Waals surface area contributed by atoms with E-state index in [0.717, 1.165) is 17.7 Å². The first-order valence-corrected chi connectivity index (χ1v) is 6.61. The number of halogens is 1. The molecule has 1 unspecified atom stereocenters. The minimum absolute atomic E-state index is 0.0731. The molecule has 1 aliphatic heterocycles. The Hall–Kier alpha value is -1.49. The van der Waals surface area contributed by atoms with Crippen LogP contribution in [0.5, 0.6) is 17.2 Å². The zero-order valence-corrected chi connectivity index (χ0v) is 11.2. The largest absolute Gasteiger partial charge is 0.493 e. The first kappa shape index (κ1) is 13.9. The second kappa shape index (κ2) is 6.61. The Labute approximate surface area is 112 Å². The monoisotopic (exact) mass is 269 g/mol. The van der Waals surface area contributed by atoms with Crippen molar-refractivity contribution in [3.63, 3.8) is 0 Å². The summed E-state index contributed by atoms with van der Waals surface area (Å²) in [4.78, 5) is 0. The fourth-order valence-corrected chi connectivity index (χ4v) is 1.92. The van der Waals surface area contributed by atoms with Crippen molar-refractivity contribution in [3.8, 4) is 17.2 Å². The van der Waals surface area contributed by atoms with Crippen LogP contribution in [0.2, 0.25) is 0 Å². The van der Waals surface area contributed by atoms with Gasteiger partial charge in [-0.3, -0.25) is 4.39 Å². The van der Waals surface area contributed by atoms with Crippen molar-refractivity contribution < 1.29 is 18.6 Å². The fourth-order valence-electron chi connectivity index (χ4n) is 1.92. The van der Waals surface area contributed by atoms with Crippen molar-refractivity contribution in [2.24, 2.45) is 5.73 Å². The molecule has 0 saturated carbocycles. The zero-order chi connectivity index (χ0) is 13.7. The average Bonchev–Trinajstić information content (AvgIpc) is 2.86. The van der Waals surface area contributed by atoms with Crippen molar-refractivity contribution >= 4 is 0 Å². The number of ether oxygens (including phenoxy) is 3. The van der Waals surface area contributed by atoms with Gasteiger partial charge in [-0.15, -0.1) is 0 Å². The molecule has 0 fully saturated rings. The lowest BCUT2D eigenvalue weighted by Gasteiger charge is -2.15. The number of benzene rings is 1. The number of rotatable bonds is 7. The number of hydrogen-bond donors (Lipinski definition) is 1. The van der Waals surface area contributed by atoms with Crippen molar-refractivity contribution in [1.29, 1.82) is 0 Å². The van der Waals surface area contributed by atoms with Crippen LogP contribution in [0.25, 0.3) is 0 Å². The summed E-state index contributed by atoms with van der Waals surface area (Å²) in [5.74, 6) is 2.10. The summed E-state index contributed by atoms with van der Waals surface area (Å²) in [5.41, 5.74) is 6.97. The Morgan fingerprint density at radius 2 is 2.11 bits per heavy atom. The zero-order valence-electron chi connectivity index (χ0n) is 11.2. The Morgan fingerprint density at radius 1 is 1.37 bits per heavy atom. The van der Waals surface area contributed by atoms with E-state index in [1.54, 1.807) is 6.07 Å². The maximum atomic E-state index is 12.1. The lowest BCUT2D eigenvalue weighted by atomic mass is 10.0. The summed E-state index contributed by atoms with van der Waals surface area (Å²) in [6.45, 7) is 2.24.